The third kappa shape index (κ3) is 4.89. The van der Waals surface area contributed by atoms with E-state index in [2.05, 4.69) is 4.98 Å². The Morgan fingerprint density at radius 2 is 1.91 bits per heavy atom. The van der Waals surface area contributed by atoms with Crippen LogP contribution in [-0.2, 0) is 11.2 Å². The fourth-order valence-corrected chi connectivity index (χ4v) is 3.79. The third-order valence-electron chi connectivity index (χ3n) is 5.61. The minimum Gasteiger partial charge on any atom is -0.393 e. The van der Waals surface area contributed by atoms with Gasteiger partial charge in [-0.3, -0.25) is 9.78 Å². The SMILES string of the molecule is CCC(O)CCC(=O)Cc1ccc2nc(-c3cccnc3)c(-c3ccccc3F)cc2c1. The molecule has 0 saturated carbocycles. The lowest BCUT2D eigenvalue weighted by Gasteiger charge is -2.13. The number of rotatable bonds is 8. The predicted molar refractivity (Wildman–Crippen MR) is 125 cm³/mol. The molecule has 4 nitrogen and oxygen atoms in total. The molecular formula is C27H25FN2O2. The van der Waals surface area contributed by atoms with Crippen molar-refractivity contribution in [3.8, 4) is 22.4 Å². The van der Waals surface area contributed by atoms with Crippen molar-refractivity contribution in [1.29, 1.82) is 0 Å². The molecule has 0 aliphatic rings. The summed E-state index contributed by atoms with van der Waals surface area (Å²) in [6.07, 6.45) is 4.75. The van der Waals surface area contributed by atoms with E-state index in [1.54, 1.807) is 30.6 Å². The van der Waals surface area contributed by atoms with Crippen molar-refractivity contribution >= 4 is 16.7 Å². The largest absolute Gasteiger partial charge is 0.393 e. The molecule has 0 spiro atoms. The van der Waals surface area contributed by atoms with E-state index < -0.39 is 6.10 Å². The molecule has 4 rings (SSSR count). The maximum absolute atomic E-state index is 14.7. The Balaban J connectivity index is 1.74. The van der Waals surface area contributed by atoms with E-state index in [1.165, 1.54) is 6.07 Å². The summed E-state index contributed by atoms with van der Waals surface area (Å²) in [7, 11) is 0. The molecule has 0 bridgehead atoms. The lowest BCUT2D eigenvalue weighted by molar-refractivity contribution is -0.119. The number of halogens is 1. The number of carbonyl (C=O) groups excluding carboxylic acids is 1. The van der Waals surface area contributed by atoms with Crippen LogP contribution in [0.4, 0.5) is 4.39 Å². The number of pyridine rings is 2. The summed E-state index contributed by atoms with van der Waals surface area (Å²) in [5, 5.41) is 10.5. The molecule has 4 aromatic rings. The van der Waals surface area contributed by atoms with E-state index in [-0.39, 0.29) is 11.6 Å². The first-order chi connectivity index (χ1) is 15.5. The lowest BCUT2D eigenvalue weighted by atomic mass is 9.96. The van der Waals surface area contributed by atoms with Gasteiger partial charge in [0, 0.05) is 47.3 Å². The van der Waals surface area contributed by atoms with Crippen LogP contribution >= 0.6 is 0 Å². The van der Waals surface area contributed by atoms with E-state index in [1.807, 2.05) is 43.3 Å². The van der Waals surface area contributed by atoms with Crippen molar-refractivity contribution in [3.05, 3.63) is 84.4 Å². The zero-order valence-corrected chi connectivity index (χ0v) is 18.0. The maximum Gasteiger partial charge on any atom is 0.137 e. The Bertz CT molecular complexity index is 1240. The molecule has 0 saturated heterocycles. The van der Waals surface area contributed by atoms with E-state index in [0.717, 1.165) is 22.0 Å². The highest BCUT2D eigenvalue weighted by molar-refractivity contribution is 5.92. The Morgan fingerprint density at radius 1 is 1.06 bits per heavy atom. The topological polar surface area (TPSA) is 63.1 Å². The molecule has 0 fully saturated rings. The van der Waals surface area contributed by atoms with Crippen molar-refractivity contribution in [2.45, 2.75) is 38.7 Å². The molecule has 1 N–H and O–H groups in total. The summed E-state index contributed by atoms with van der Waals surface area (Å²) >= 11 is 0. The summed E-state index contributed by atoms with van der Waals surface area (Å²) in [6, 6.07) is 18.0. The molecule has 2 heterocycles. The van der Waals surface area contributed by atoms with Crippen molar-refractivity contribution < 1.29 is 14.3 Å². The first kappa shape index (κ1) is 21.8. The highest BCUT2D eigenvalue weighted by atomic mass is 19.1. The maximum atomic E-state index is 14.7. The van der Waals surface area contributed by atoms with Crippen LogP contribution < -0.4 is 0 Å². The molecule has 0 radical (unpaired) electrons. The molecule has 5 heteroatoms. The van der Waals surface area contributed by atoms with Crippen molar-refractivity contribution in [2.24, 2.45) is 0 Å². The number of hydrogen-bond acceptors (Lipinski definition) is 4. The van der Waals surface area contributed by atoms with E-state index in [0.29, 0.717) is 42.5 Å². The Morgan fingerprint density at radius 3 is 2.66 bits per heavy atom. The van der Waals surface area contributed by atoms with Crippen LogP contribution in [0.3, 0.4) is 0 Å². The fourth-order valence-electron chi connectivity index (χ4n) is 3.79. The van der Waals surface area contributed by atoms with E-state index in [9.17, 15) is 14.3 Å². The number of fused-ring (bicyclic) bond motifs is 1. The second-order valence-electron chi connectivity index (χ2n) is 7.95. The Hall–Kier alpha value is -3.44. The Labute approximate surface area is 186 Å². The normalized spacial score (nSPS) is 12.1. The standard InChI is InChI=1S/C27H25FN2O2/c1-2-21(31)10-11-22(32)15-18-9-12-26-20(14-18)16-24(23-7-3-4-8-25(23)28)27(30-26)19-6-5-13-29-17-19/h3-9,12-14,16-17,21,31H,2,10-11,15H2,1H3. The molecule has 0 aliphatic carbocycles. The Kier molecular flexibility index (Phi) is 6.66. The fraction of sp³-hybridized carbons (Fsp3) is 0.222. The minimum atomic E-state index is -0.436. The molecule has 0 aliphatic heterocycles. The van der Waals surface area contributed by atoms with Gasteiger partial charge in [-0.1, -0.05) is 31.2 Å². The van der Waals surface area contributed by atoms with Crippen LogP contribution in [0.15, 0.2) is 73.1 Å². The lowest BCUT2D eigenvalue weighted by Crippen LogP contribution is -2.10. The highest BCUT2D eigenvalue weighted by Crippen LogP contribution is 2.34. The second kappa shape index (κ2) is 9.79. The van der Waals surface area contributed by atoms with Gasteiger partial charge < -0.3 is 5.11 Å². The number of aliphatic hydroxyl groups excluding tert-OH is 1. The number of nitrogens with zero attached hydrogens (tertiary/aromatic N) is 2. The molecule has 1 unspecified atom stereocenters. The van der Waals surface area contributed by atoms with Gasteiger partial charge in [-0.05, 0) is 54.8 Å². The quantitative estimate of drug-likeness (QED) is 0.387. The summed E-state index contributed by atoms with van der Waals surface area (Å²) in [5.41, 5.74) is 4.26. The minimum absolute atomic E-state index is 0.0890. The van der Waals surface area contributed by atoms with Crippen LogP contribution in [0, 0.1) is 5.82 Å². The summed E-state index contributed by atoms with van der Waals surface area (Å²) in [6.45, 7) is 1.90. The number of Topliss-reactive ketones (excluding diaryl/α,β-unsaturated/α-hetero) is 1. The van der Waals surface area contributed by atoms with Gasteiger partial charge in [-0.25, -0.2) is 9.37 Å². The number of ketones is 1. The van der Waals surface area contributed by atoms with Crippen LogP contribution in [0.5, 0.6) is 0 Å². The van der Waals surface area contributed by atoms with Gasteiger partial charge in [-0.2, -0.15) is 0 Å². The van der Waals surface area contributed by atoms with Crippen molar-refractivity contribution in [1.82, 2.24) is 9.97 Å². The molecule has 2 aromatic heterocycles. The van der Waals surface area contributed by atoms with Crippen molar-refractivity contribution in [3.63, 3.8) is 0 Å². The molecule has 2 aromatic carbocycles. The predicted octanol–water partition coefficient (Wildman–Crippen LogP) is 5.77. The number of carbonyl (C=O) groups is 1. The first-order valence-electron chi connectivity index (χ1n) is 10.8. The number of aliphatic hydroxyl groups is 1. The monoisotopic (exact) mass is 428 g/mol. The molecule has 162 valence electrons. The van der Waals surface area contributed by atoms with Gasteiger partial charge >= 0.3 is 0 Å². The number of aromatic nitrogens is 2. The second-order valence-corrected chi connectivity index (χ2v) is 7.95. The highest BCUT2D eigenvalue weighted by Gasteiger charge is 2.15. The van der Waals surface area contributed by atoms with E-state index >= 15 is 0 Å². The van der Waals surface area contributed by atoms with Crippen LogP contribution in [-0.4, -0.2) is 27.0 Å². The van der Waals surface area contributed by atoms with Crippen molar-refractivity contribution in [2.75, 3.05) is 0 Å². The number of benzene rings is 2. The van der Waals surface area contributed by atoms with Crippen LogP contribution in [0.1, 0.15) is 31.7 Å². The smallest absolute Gasteiger partial charge is 0.137 e. The van der Waals surface area contributed by atoms with Gasteiger partial charge in [0.1, 0.15) is 11.6 Å². The zero-order valence-electron chi connectivity index (χ0n) is 18.0. The van der Waals surface area contributed by atoms with Gasteiger partial charge in [0.2, 0.25) is 0 Å². The summed E-state index contributed by atoms with van der Waals surface area (Å²) < 4.78 is 14.7. The van der Waals surface area contributed by atoms with Gasteiger partial charge in [0.15, 0.2) is 0 Å². The molecule has 1 atom stereocenters. The van der Waals surface area contributed by atoms with E-state index in [4.69, 9.17) is 4.98 Å². The van der Waals surface area contributed by atoms with Gasteiger partial charge in [0.25, 0.3) is 0 Å². The first-order valence-corrected chi connectivity index (χ1v) is 10.8. The third-order valence-corrected chi connectivity index (χ3v) is 5.61. The molecular weight excluding hydrogens is 403 g/mol. The van der Waals surface area contributed by atoms with Gasteiger partial charge in [0.05, 0.1) is 17.3 Å². The van der Waals surface area contributed by atoms with Crippen LogP contribution in [0.25, 0.3) is 33.3 Å². The average Bonchev–Trinajstić information content (AvgIpc) is 2.82. The van der Waals surface area contributed by atoms with Crippen LogP contribution in [0.2, 0.25) is 0 Å². The molecule has 0 amide bonds. The zero-order chi connectivity index (χ0) is 22.5. The molecule has 32 heavy (non-hydrogen) atoms. The summed E-state index contributed by atoms with van der Waals surface area (Å²) in [4.78, 5) is 21.4. The van der Waals surface area contributed by atoms with Gasteiger partial charge in [-0.15, -0.1) is 0 Å². The number of hydrogen-bond donors (Lipinski definition) is 1. The summed E-state index contributed by atoms with van der Waals surface area (Å²) in [5.74, 6) is -0.231. The average molecular weight is 429 g/mol.